The van der Waals surface area contributed by atoms with Gasteiger partial charge in [-0.15, -0.1) is 0 Å². The molecular formula is C7H9F2NO2. The smallest absolute Gasteiger partial charge is 0.323 e. The van der Waals surface area contributed by atoms with Crippen LogP contribution in [0.4, 0.5) is 8.78 Å². The molecule has 0 aromatic carbocycles. The number of hydrogen-bond donors (Lipinski definition) is 1. The number of carbonyl (C=O) groups is 1. The first-order valence-corrected chi connectivity index (χ1v) is 3.72. The summed E-state index contributed by atoms with van der Waals surface area (Å²) in [5, 5.41) is 2.65. The van der Waals surface area contributed by atoms with Gasteiger partial charge in [-0.05, 0) is 0 Å². The second kappa shape index (κ2) is 1.96. The molecule has 2 aliphatic rings. The van der Waals surface area contributed by atoms with Gasteiger partial charge in [-0.3, -0.25) is 4.79 Å². The number of halogens is 2. The first-order chi connectivity index (χ1) is 5.53. The average molecular weight is 177 g/mol. The van der Waals surface area contributed by atoms with Gasteiger partial charge in [0, 0.05) is 13.0 Å². The number of nitrogens with one attached hydrogen (secondary N) is 1. The molecule has 1 aliphatic carbocycles. The Kier molecular flexibility index (Phi) is 1.29. The second-order valence-electron chi connectivity index (χ2n) is 3.37. The first kappa shape index (κ1) is 7.91. The van der Waals surface area contributed by atoms with Crippen LogP contribution >= 0.6 is 0 Å². The third kappa shape index (κ3) is 0.696. The van der Waals surface area contributed by atoms with E-state index in [1.807, 2.05) is 0 Å². The van der Waals surface area contributed by atoms with E-state index in [0.717, 1.165) is 0 Å². The molecular weight excluding hydrogens is 168 g/mol. The minimum atomic E-state index is -2.67. The SMILES string of the molecule is COC(=O)[C@H]1NC[C@@]12CC2(F)F. The molecule has 1 saturated carbocycles. The van der Waals surface area contributed by atoms with E-state index in [1.165, 1.54) is 7.11 Å². The Morgan fingerprint density at radius 2 is 2.25 bits per heavy atom. The van der Waals surface area contributed by atoms with Crippen LogP contribution in [-0.2, 0) is 9.53 Å². The van der Waals surface area contributed by atoms with Gasteiger partial charge >= 0.3 is 5.97 Å². The zero-order valence-corrected chi connectivity index (χ0v) is 6.56. The molecule has 68 valence electrons. The van der Waals surface area contributed by atoms with E-state index >= 15 is 0 Å². The monoisotopic (exact) mass is 177 g/mol. The molecule has 1 aliphatic heterocycles. The summed E-state index contributed by atoms with van der Waals surface area (Å²) in [4.78, 5) is 10.9. The lowest BCUT2D eigenvalue weighted by Gasteiger charge is -2.36. The van der Waals surface area contributed by atoms with Crippen LogP contribution in [0.25, 0.3) is 0 Å². The predicted octanol–water partition coefficient (Wildman–Crippen LogP) is 0.157. The molecule has 3 nitrogen and oxygen atoms in total. The molecule has 0 unspecified atom stereocenters. The minimum absolute atomic E-state index is 0.188. The summed E-state index contributed by atoms with van der Waals surface area (Å²) in [6.07, 6.45) is -0.188. The normalized spacial score (nSPS) is 42.1. The van der Waals surface area contributed by atoms with Gasteiger partial charge in [0.2, 0.25) is 0 Å². The van der Waals surface area contributed by atoms with Crippen LogP contribution in [0.15, 0.2) is 0 Å². The molecule has 0 amide bonds. The van der Waals surface area contributed by atoms with Crippen LogP contribution in [0.5, 0.6) is 0 Å². The third-order valence-electron chi connectivity index (χ3n) is 2.75. The highest BCUT2D eigenvalue weighted by Gasteiger charge is 2.80. The van der Waals surface area contributed by atoms with E-state index in [9.17, 15) is 13.6 Å². The van der Waals surface area contributed by atoms with Crippen LogP contribution in [0.2, 0.25) is 0 Å². The zero-order chi connectivity index (χ0) is 8.98. The van der Waals surface area contributed by atoms with Gasteiger partial charge in [0.25, 0.3) is 5.92 Å². The Morgan fingerprint density at radius 1 is 1.67 bits per heavy atom. The maximum absolute atomic E-state index is 12.7. The number of alkyl halides is 2. The number of rotatable bonds is 1. The summed E-state index contributed by atoms with van der Waals surface area (Å²) in [7, 11) is 1.20. The van der Waals surface area contributed by atoms with Crippen molar-refractivity contribution in [2.24, 2.45) is 5.41 Å². The molecule has 2 fully saturated rings. The molecule has 0 aromatic rings. The van der Waals surface area contributed by atoms with Gasteiger partial charge in [-0.25, -0.2) is 8.78 Å². The van der Waals surface area contributed by atoms with E-state index < -0.39 is 23.3 Å². The van der Waals surface area contributed by atoms with Crippen LogP contribution in [-0.4, -0.2) is 31.6 Å². The molecule has 0 bridgehead atoms. The number of esters is 1. The van der Waals surface area contributed by atoms with E-state index in [2.05, 4.69) is 10.1 Å². The van der Waals surface area contributed by atoms with E-state index in [4.69, 9.17) is 0 Å². The fourth-order valence-electron chi connectivity index (χ4n) is 1.73. The summed E-state index contributed by atoms with van der Waals surface area (Å²) >= 11 is 0. The highest BCUT2D eigenvalue weighted by atomic mass is 19.3. The Balaban J connectivity index is 2.09. The van der Waals surface area contributed by atoms with Crippen LogP contribution < -0.4 is 5.32 Å². The van der Waals surface area contributed by atoms with E-state index in [1.54, 1.807) is 0 Å². The molecule has 5 heteroatoms. The Hall–Kier alpha value is -0.710. The van der Waals surface area contributed by atoms with E-state index in [-0.39, 0.29) is 13.0 Å². The maximum atomic E-state index is 12.7. The quantitative estimate of drug-likeness (QED) is 0.580. The largest absolute Gasteiger partial charge is 0.468 e. The standard InChI is InChI=1S/C7H9F2NO2/c1-12-5(11)4-6(3-10-4)2-7(6,8)9/h4,10H,2-3H2,1H3/t4-,6+/m1/s1. The Labute approximate surface area is 68.1 Å². The summed E-state index contributed by atoms with van der Waals surface area (Å²) < 4.78 is 29.9. The maximum Gasteiger partial charge on any atom is 0.323 e. The highest BCUT2D eigenvalue weighted by molar-refractivity contribution is 5.79. The Bertz CT molecular complexity index is 244. The van der Waals surface area contributed by atoms with Gasteiger partial charge < -0.3 is 10.1 Å². The average Bonchev–Trinajstić information content (AvgIpc) is 2.54. The van der Waals surface area contributed by atoms with Gasteiger partial charge in [0.1, 0.15) is 6.04 Å². The van der Waals surface area contributed by atoms with Crippen molar-refractivity contribution in [3.63, 3.8) is 0 Å². The van der Waals surface area contributed by atoms with Crippen molar-refractivity contribution < 1.29 is 18.3 Å². The molecule has 1 saturated heterocycles. The number of hydrogen-bond acceptors (Lipinski definition) is 3. The van der Waals surface area contributed by atoms with Crippen LogP contribution in [0.1, 0.15) is 6.42 Å². The molecule has 1 N–H and O–H groups in total. The number of methoxy groups -OCH3 is 1. The molecule has 1 heterocycles. The minimum Gasteiger partial charge on any atom is -0.468 e. The van der Waals surface area contributed by atoms with Crippen molar-refractivity contribution in [2.45, 2.75) is 18.4 Å². The topological polar surface area (TPSA) is 38.3 Å². The molecule has 0 aromatic heterocycles. The predicted molar refractivity (Wildman–Crippen MR) is 35.8 cm³/mol. The molecule has 2 rings (SSSR count). The fraction of sp³-hybridized carbons (Fsp3) is 0.857. The van der Waals surface area contributed by atoms with Crippen molar-refractivity contribution in [2.75, 3.05) is 13.7 Å². The third-order valence-corrected chi connectivity index (χ3v) is 2.75. The van der Waals surface area contributed by atoms with Crippen LogP contribution in [0, 0.1) is 5.41 Å². The molecule has 2 atom stereocenters. The van der Waals surface area contributed by atoms with Gasteiger partial charge in [-0.1, -0.05) is 0 Å². The molecule has 12 heavy (non-hydrogen) atoms. The number of carbonyl (C=O) groups excluding carboxylic acids is 1. The lowest BCUT2D eigenvalue weighted by Crippen LogP contribution is -2.61. The molecule has 0 radical (unpaired) electrons. The van der Waals surface area contributed by atoms with Crippen molar-refractivity contribution in [3.05, 3.63) is 0 Å². The number of ether oxygens (including phenoxy) is 1. The van der Waals surface area contributed by atoms with Gasteiger partial charge in [0.15, 0.2) is 0 Å². The first-order valence-electron chi connectivity index (χ1n) is 3.72. The fourth-order valence-corrected chi connectivity index (χ4v) is 1.73. The van der Waals surface area contributed by atoms with E-state index in [0.29, 0.717) is 0 Å². The lowest BCUT2D eigenvalue weighted by molar-refractivity contribution is -0.151. The van der Waals surface area contributed by atoms with Crippen molar-refractivity contribution in [1.29, 1.82) is 0 Å². The lowest BCUT2D eigenvalue weighted by atomic mass is 9.87. The van der Waals surface area contributed by atoms with Crippen molar-refractivity contribution in [1.82, 2.24) is 5.32 Å². The summed E-state index contributed by atoms with van der Waals surface area (Å²) in [6.45, 7) is 0.222. The summed E-state index contributed by atoms with van der Waals surface area (Å²) in [6, 6.07) is -0.794. The summed E-state index contributed by atoms with van der Waals surface area (Å²) in [5.41, 5.74) is -1.11. The van der Waals surface area contributed by atoms with Crippen molar-refractivity contribution >= 4 is 5.97 Å². The van der Waals surface area contributed by atoms with Gasteiger partial charge in [0.05, 0.1) is 12.5 Å². The molecule has 1 spiro atoms. The van der Waals surface area contributed by atoms with Crippen molar-refractivity contribution in [3.8, 4) is 0 Å². The van der Waals surface area contributed by atoms with Crippen LogP contribution in [0.3, 0.4) is 0 Å². The highest BCUT2D eigenvalue weighted by Crippen LogP contribution is 2.65. The van der Waals surface area contributed by atoms with Gasteiger partial charge in [-0.2, -0.15) is 0 Å². The Morgan fingerprint density at radius 3 is 2.50 bits per heavy atom. The second-order valence-corrected chi connectivity index (χ2v) is 3.37. The summed E-state index contributed by atoms with van der Waals surface area (Å²) in [5.74, 6) is -3.25. The zero-order valence-electron chi connectivity index (χ0n) is 6.56.